The van der Waals surface area contributed by atoms with Crippen LogP contribution in [0.2, 0.25) is 0 Å². The van der Waals surface area contributed by atoms with Crippen LogP contribution in [0, 0.1) is 0 Å². The summed E-state index contributed by atoms with van der Waals surface area (Å²) < 4.78 is 2.03. The lowest BCUT2D eigenvalue weighted by Gasteiger charge is -2.14. The fourth-order valence-corrected chi connectivity index (χ4v) is 1.93. The standard InChI is InChI=1S/C10H17N3O2/c14-9-6-13(7-10(9)15)4-1-3-12-5-2-11-8-12/h2,5,8-10,14-15H,1,3-4,6-7H2/t9-,10+. The first-order valence-electron chi connectivity index (χ1n) is 5.30. The molecular weight excluding hydrogens is 194 g/mol. The number of aryl methyl sites for hydroxylation is 1. The van der Waals surface area contributed by atoms with Gasteiger partial charge in [-0.15, -0.1) is 0 Å². The molecule has 2 heterocycles. The zero-order valence-corrected chi connectivity index (χ0v) is 8.66. The van der Waals surface area contributed by atoms with Crippen LogP contribution in [-0.2, 0) is 6.54 Å². The van der Waals surface area contributed by atoms with Gasteiger partial charge < -0.3 is 14.8 Å². The average Bonchev–Trinajstić information content (AvgIpc) is 2.79. The summed E-state index contributed by atoms with van der Waals surface area (Å²) in [5.74, 6) is 0. The van der Waals surface area contributed by atoms with E-state index in [4.69, 9.17) is 0 Å². The van der Waals surface area contributed by atoms with Crippen molar-refractivity contribution in [3.8, 4) is 0 Å². The molecule has 5 nitrogen and oxygen atoms in total. The van der Waals surface area contributed by atoms with Gasteiger partial charge >= 0.3 is 0 Å². The number of aliphatic hydroxyl groups excluding tert-OH is 2. The molecule has 0 saturated carbocycles. The van der Waals surface area contributed by atoms with Crippen LogP contribution >= 0.6 is 0 Å². The molecule has 2 atom stereocenters. The molecule has 2 N–H and O–H groups in total. The summed E-state index contributed by atoms with van der Waals surface area (Å²) in [6.45, 7) is 3.02. The molecule has 0 aromatic carbocycles. The van der Waals surface area contributed by atoms with Crippen LogP contribution in [-0.4, -0.2) is 56.5 Å². The number of hydrogen-bond donors (Lipinski definition) is 2. The maximum atomic E-state index is 9.34. The quantitative estimate of drug-likeness (QED) is 0.692. The fraction of sp³-hybridized carbons (Fsp3) is 0.700. The number of hydrogen-bond acceptors (Lipinski definition) is 4. The first-order chi connectivity index (χ1) is 7.25. The van der Waals surface area contributed by atoms with Crippen LogP contribution < -0.4 is 0 Å². The van der Waals surface area contributed by atoms with Gasteiger partial charge in [0.15, 0.2) is 0 Å². The molecule has 1 saturated heterocycles. The topological polar surface area (TPSA) is 61.5 Å². The molecule has 1 fully saturated rings. The lowest BCUT2D eigenvalue weighted by molar-refractivity contribution is 0.0572. The van der Waals surface area contributed by atoms with Gasteiger partial charge in [-0.3, -0.25) is 4.90 Å². The van der Waals surface area contributed by atoms with Gasteiger partial charge in [0.05, 0.1) is 18.5 Å². The second-order valence-corrected chi connectivity index (χ2v) is 4.05. The van der Waals surface area contributed by atoms with Crippen LogP contribution in [0.1, 0.15) is 6.42 Å². The van der Waals surface area contributed by atoms with Gasteiger partial charge in [0.2, 0.25) is 0 Å². The highest BCUT2D eigenvalue weighted by molar-refractivity contribution is 4.83. The van der Waals surface area contributed by atoms with E-state index in [9.17, 15) is 10.2 Å². The Bertz CT molecular complexity index is 279. The van der Waals surface area contributed by atoms with Crippen molar-refractivity contribution in [2.45, 2.75) is 25.2 Å². The van der Waals surface area contributed by atoms with Crippen molar-refractivity contribution in [2.24, 2.45) is 0 Å². The van der Waals surface area contributed by atoms with Crippen molar-refractivity contribution in [1.29, 1.82) is 0 Å². The van der Waals surface area contributed by atoms with E-state index in [2.05, 4.69) is 9.88 Å². The number of nitrogens with zero attached hydrogens (tertiary/aromatic N) is 3. The van der Waals surface area contributed by atoms with E-state index in [1.165, 1.54) is 0 Å². The molecule has 84 valence electrons. The third kappa shape index (κ3) is 2.77. The Morgan fingerprint density at radius 2 is 1.93 bits per heavy atom. The Labute approximate surface area is 89.0 Å². The van der Waals surface area contributed by atoms with Crippen molar-refractivity contribution in [2.75, 3.05) is 19.6 Å². The molecule has 0 aliphatic carbocycles. The van der Waals surface area contributed by atoms with E-state index < -0.39 is 12.2 Å². The predicted octanol–water partition coefficient (Wildman–Crippen LogP) is -0.689. The number of imidazole rings is 1. The molecule has 1 aromatic rings. The maximum absolute atomic E-state index is 9.34. The number of likely N-dealkylation sites (tertiary alicyclic amines) is 1. The molecule has 0 spiro atoms. The normalized spacial score (nSPS) is 27.3. The van der Waals surface area contributed by atoms with E-state index in [0.29, 0.717) is 13.1 Å². The molecule has 0 unspecified atom stereocenters. The van der Waals surface area contributed by atoms with Crippen molar-refractivity contribution in [3.05, 3.63) is 18.7 Å². The summed E-state index contributed by atoms with van der Waals surface area (Å²) in [5.41, 5.74) is 0. The zero-order valence-electron chi connectivity index (χ0n) is 8.66. The van der Waals surface area contributed by atoms with E-state index in [0.717, 1.165) is 19.5 Å². The van der Waals surface area contributed by atoms with Crippen LogP contribution in [0.4, 0.5) is 0 Å². The van der Waals surface area contributed by atoms with Gasteiger partial charge in [-0.2, -0.15) is 0 Å². The summed E-state index contributed by atoms with van der Waals surface area (Å²) in [6.07, 6.45) is 5.37. The minimum absolute atomic E-state index is 0.571. The van der Waals surface area contributed by atoms with Crippen molar-refractivity contribution in [3.63, 3.8) is 0 Å². The highest BCUT2D eigenvalue weighted by Crippen LogP contribution is 2.10. The maximum Gasteiger partial charge on any atom is 0.0945 e. The van der Waals surface area contributed by atoms with E-state index >= 15 is 0 Å². The molecule has 0 radical (unpaired) electrons. The first-order valence-corrected chi connectivity index (χ1v) is 5.30. The molecule has 2 rings (SSSR count). The molecule has 0 amide bonds. The Hall–Kier alpha value is -0.910. The minimum atomic E-state index is -0.571. The molecule has 15 heavy (non-hydrogen) atoms. The predicted molar refractivity (Wildman–Crippen MR) is 55.3 cm³/mol. The summed E-state index contributed by atoms with van der Waals surface area (Å²) in [4.78, 5) is 6.06. The number of aliphatic hydroxyl groups is 2. The van der Waals surface area contributed by atoms with Gasteiger partial charge in [0.25, 0.3) is 0 Å². The third-order valence-electron chi connectivity index (χ3n) is 2.78. The Kier molecular flexibility index (Phi) is 3.35. The lowest BCUT2D eigenvalue weighted by Crippen LogP contribution is -2.24. The average molecular weight is 211 g/mol. The van der Waals surface area contributed by atoms with Crippen LogP contribution in [0.15, 0.2) is 18.7 Å². The van der Waals surface area contributed by atoms with E-state index in [-0.39, 0.29) is 0 Å². The highest BCUT2D eigenvalue weighted by atomic mass is 16.3. The van der Waals surface area contributed by atoms with Gasteiger partial charge in [0, 0.05) is 38.6 Å². The highest BCUT2D eigenvalue weighted by Gasteiger charge is 2.28. The Morgan fingerprint density at radius 3 is 2.53 bits per heavy atom. The van der Waals surface area contributed by atoms with Crippen molar-refractivity contribution < 1.29 is 10.2 Å². The third-order valence-corrected chi connectivity index (χ3v) is 2.78. The van der Waals surface area contributed by atoms with Crippen molar-refractivity contribution >= 4 is 0 Å². The fourth-order valence-electron chi connectivity index (χ4n) is 1.93. The zero-order chi connectivity index (χ0) is 10.7. The van der Waals surface area contributed by atoms with Gasteiger partial charge in [-0.05, 0) is 6.42 Å². The summed E-state index contributed by atoms with van der Waals surface area (Å²) in [6, 6.07) is 0. The van der Waals surface area contributed by atoms with Gasteiger partial charge in [-0.25, -0.2) is 4.98 Å². The number of rotatable bonds is 4. The SMILES string of the molecule is O[C@@H]1CN(CCCn2ccnc2)C[C@@H]1O. The first kappa shape index (κ1) is 10.6. The van der Waals surface area contributed by atoms with Gasteiger partial charge in [-0.1, -0.05) is 0 Å². The molecule has 1 aromatic heterocycles. The summed E-state index contributed by atoms with van der Waals surface area (Å²) in [7, 11) is 0. The molecular formula is C10H17N3O2. The lowest BCUT2D eigenvalue weighted by atomic mass is 10.3. The number of β-amino-alcohol motifs (C(OH)–C–C–N with tert-alkyl or cyclic N) is 2. The van der Waals surface area contributed by atoms with Crippen LogP contribution in [0.25, 0.3) is 0 Å². The Balaban J connectivity index is 1.67. The molecule has 0 bridgehead atoms. The van der Waals surface area contributed by atoms with Gasteiger partial charge in [0.1, 0.15) is 0 Å². The Morgan fingerprint density at radius 1 is 1.20 bits per heavy atom. The van der Waals surface area contributed by atoms with Crippen LogP contribution in [0.3, 0.4) is 0 Å². The molecule has 1 aliphatic rings. The smallest absolute Gasteiger partial charge is 0.0945 e. The summed E-state index contributed by atoms with van der Waals surface area (Å²) in [5, 5.41) is 18.7. The minimum Gasteiger partial charge on any atom is -0.389 e. The summed E-state index contributed by atoms with van der Waals surface area (Å²) >= 11 is 0. The van der Waals surface area contributed by atoms with E-state index in [1.54, 1.807) is 12.5 Å². The second-order valence-electron chi connectivity index (χ2n) is 4.05. The largest absolute Gasteiger partial charge is 0.389 e. The van der Waals surface area contributed by atoms with E-state index in [1.807, 2.05) is 10.8 Å². The monoisotopic (exact) mass is 211 g/mol. The second kappa shape index (κ2) is 4.74. The number of aromatic nitrogens is 2. The molecule has 1 aliphatic heterocycles. The molecule has 5 heteroatoms. The van der Waals surface area contributed by atoms with Crippen molar-refractivity contribution in [1.82, 2.24) is 14.5 Å². The van der Waals surface area contributed by atoms with Crippen LogP contribution in [0.5, 0.6) is 0 Å².